The average molecular weight is 145 g/mol. The SMILES string of the molecule is CCOC1NCN(C)CN1. The highest BCUT2D eigenvalue weighted by Gasteiger charge is 2.12. The van der Waals surface area contributed by atoms with E-state index >= 15 is 0 Å². The standard InChI is InChI=1S/C6H15N3O/c1-3-10-6-7-4-9(2)5-8-6/h6-8H,3-5H2,1-2H3. The van der Waals surface area contributed by atoms with Crippen LogP contribution in [0, 0.1) is 0 Å². The lowest BCUT2D eigenvalue weighted by Gasteiger charge is -2.30. The summed E-state index contributed by atoms with van der Waals surface area (Å²) in [5.41, 5.74) is 0. The Hall–Kier alpha value is -0.160. The van der Waals surface area contributed by atoms with E-state index in [0.29, 0.717) is 0 Å². The van der Waals surface area contributed by atoms with Crippen LogP contribution in [0.4, 0.5) is 0 Å². The fraction of sp³-hybridized carbons (Fsp3) is 1.00. The maximum Gasteiger partial charge on any atom is 0.165 e. The number of nitrogens with zero attached hydrogens (tertiary/aromatic N) is 1. The molecule has 0 saturated carbocycles. The summed E-state index contributed by atoms with van der Waals surface area (Å²) in [5.74, 6) is 0. The fourth-order valence-electron chi connectivity index (χ4n) is 0.890. The first-order chi connectivity index (χ1) is 4.83. The van der Waals surface area contributed by atoms with E-state index in [0.717, 1.165) is 19.9 Å². The van der Waals surface area contributed by atoms with E-state index in [-0.39, 0.29) is 6.35 Å². The molecule has 1 aliphatic rings. The summed E-state index contributed by atoms with van der Waals surface area (Å²) >= 11 is 0. The second-order valence-electron chi connectivity index (χ2n) is 2.42. The number of hydrogen-bond donors (Lipinski definition) is 2. The molecular formula is C6H15N3O. The maximum absolute atomic E-state index is 5.28. The molecule has 0 aromatic rings. The molecule has 0 aromatic carbocycles. The van der Waals surface area contributed by atoms with Crippen LogP contribution in [-0.4, -0.2) is 38.2 Å². The molecule has 0 atom stereocenters. The van der Waals surface area contributed by atoms with Crippen LogP contribution in [0.2, 0.25) is 0 Å². The molecule has 0 amide bonds. The molecule has 0 radical (unpaired) electrons. The zero-order valence-corrected chi connectivity index (χ0v) is 6.55. The Morgan fingerprint density at radius 2 is 2.10 bits per heavy atom. The number of hydrogen-bond acceptors (Lipinski definition) is 4. The van der Waals surface area contributed by atoms with Gasteiger partial charge in [0.2, 0.25) is 0 Å². The van der Waals surface area contributed by atoms with E-state index in [1.54, 1.807) is 0 Å². The molecule has 1 rings (SSSR count). The lowest BCUT2D eigenvalue weighted by molar-refractivity contribution is -0.0276. The highest BCUT2D eigenvalue weighted by Crippen LogP contribution is 1.89. The van der Waals surface area contributed by atoms with Gasteiger partial charge in [0.25, 0.3) is 0 Å². The number of nitrogens with one attached hydrogen (secondary N) is 2. The monoisotopic (exact) mass is 145 g/mol. The van der Waals surface area contributed by atoms with Crippen LogP contribution in [0.1, 0.15) is 6.92 Å². The molecule has 1 saturated heterocycles. The van der Waals surface area contributed by atoms with Gasteiger partial charge in [0.05, 0.1) is 13.3 Å². The quantitative estimate of drug-likeness (QED) is 0.541. The van der Waals surface area contributed by atoms with Crippen molar-refractivity contribution in [3.63, 3.8) is 0 Å². The predicted molar refractivity (Wildman–Crippen MR) is 39.2 cm³/mol. The zero-order chi connectivity index (χ0) is 7.40. The summed E-state index contributed by atoms with van der Waals surface area (Å²) in [7, 11) is 2.04. The first-order valence-corrected chi connectivity index (χ1v) is 3.60. The van der Waals surface area contributed by atoms with E-state index in [9.17, 15) is 0 Å². The van der Waals surface area contributed by atoms with E-state index in [1.807, 2.05) is 14.0 Å². The van der Waals surface area contributed by atoms with Crippen molar-refractivity contribution in [1.29, 1.82) is 0 Å². The molecule has 4 nitrogen and oxygen atoms in total. The normalized spacial score (nSPS) is 23.4. The second kappa shape index (κ2) is 3.88. The molecule has 1 heterocycles. The molecule has 10 heavy (non-hydrogen) atoms. The lowest BCUT2D eigenvalue weighted by atomic mass is 10.6. The Balaban J connectivity index is 2.13. The van der Waals surface area contributed by atoms with Crippen molar-refractivity contribution in [3.8, 4) is 0 Å². The van der Waals surface area contributed by atoms with Crippen molar-refractivity contribution in [1.82, 2.24) is 15.5 Å². The lowest BCUT2D eigenvalue weighted by Crippen LogP contribution is -2.57. The summed E-state index contributed by atoms with van der Waals surface area (Å²) in [4.78, 5) is 2.13. The van der Waals surface area contributed by atoms with Crippen LogP contribution in [0.15, 0.2) is 0 Å². The van der Waals surface area contributed by atoms with Crippen LogP contribution >= 0.6 is 0 Å². The largest absolute Gasteiger partial charge is 0.350 e. The van der Waals surface area contributed by atoms with Gasteiger partial charge in [-0.15, -0.1) is 0 Å². The summed E-state index contributed by atoms with van der Waals surface area (Å²) in [6.07, 6.45) is 0.0428. The van der Waals surface area contributed by atoms with Crippen molar-refractivity contribution in [2.75, 3.05) is 27.0 Å². The number of rotatable bonds is 2. The maximum atomic E-state index is 5.28. The van der Waals surface area contributed by atoms with E-state index in [4.69, 9.17) is 4.74 Å². The van der Waals surface area contributed by atoms with Crippen LogP contribution < -0.4 is 10.6 Å². The Kier molecular flexibility index (Phi) is 3.08. The van der Waals surface area contributed by atoms with Crippen molar-refractivity contribution in [2.45, 2.75) is 13.3 Å². The van der Waals surface area contributed by atoms with Crippen molar-refractivity contribution in [3.05, 3.63) is 0 Å². The van der Waals surface area contributed by atoms with Crippen LogP contribution in [-0.2, 0) is 4.74 Å². The summed E-state index contributed by atoms with van der Waals surface area (Å²) in [6.45, 7) is 4.51. The van der Waals surface area contributed by atoms with Crippen LogP contribution in [0.25, 0.3) is 0 Å². The van der Waals surface area contributed by atoms with E-state index < -0.39 is 0 Å². The fourth-order valence-corrected chi connectivity index (χ4v) is 0.890. The minimum atomic E-state index is 0.0428. The Labute approximate surface area is 61.5 Å². The molecule has 0 aliphatic carbocycles. The summed E-state index contributed by atoms with van der Waals surface area (Å²) in [5, 5.41) is 6.32. The molecule has 0 aromatic heterocycles. The molecule has 2 N–H and O–H groups in total. The molecule has 0 spiro atoms. The third-order valence-corrected chi connectivity index (χ3v) is 1.43. The summed E-state index contributed by atoms with van der Waals surface area (Å²) in [6, 6.07) is 0. The van der Waals surface area contributed by atoms with Gasteiger partial charge in [0, 0.05) is 6.61 Å². The van der Waals surface area contributed by atoms with E-state index in [1.165, 1.54) is 0 Å². The van der Waals surface area contributed by atoms with E-state index in [2.05, 4.69) is 15.5 Å². The van der Waals surface area contributed by atoms with Gasteiger partial charge in [-0.2, -0.15) is 0 Å². The molecule has 0 bridgehead atoms. The van der Waals surface area contributed by atoms with Gasteiger partial charge in [-0.25, -0.2) is 0 Å². The Morgan fingerprint density at radius 1 is 1.50 bits per heavy atom. The van der Waals surface area contributed by atoms with Crippen LogP contribution in [0.5, 0.6) is 0 Å². The average Bonchev–Trinajstić information content (AvgIpc) is 1.95. The topological polar surface area (TPSA) is 36.5 Å². The minimum absolute atomic E-state index is 0.0428. The number of ether oxygens (including phenoxy) is 1. The zero-order valence-electron chi connectivity index (χ0n) is 6.55. The van der Waals surface area contributed by atoms with Gasteiger partial charge >= 0.3 is 0 Å². The molecule has 60 valence electrons. The third kappa shape index (κ3) is 2.22. The van der Waals surface area contributed by atoms with Crippen molar-refractivity contribution < 1.29 is 4.74 Å². The van der Waals surface area contributed by atoms with Crippen molar-refractivity contribution in [2.24, 2.45) is 0 Å². The van der Waals surface area contributed by atoms with Crippen molar-refractivity contribution >= 4 is 0 Å². The molecular weight excluding hydrogens is 130 g/mol. The van der Waals surface area contributed by atoms with Gasteiger partial charge in [-0.05, 0) is 14.0 Å². The summed E-state index contributed by atoms with van der Waals surface area (Å²) < 4.78 is 5.28. The molecule has 1 fully saturated rings. The minimum Gasteiger partial charge on any atom is -0.350 e. The highest BCUT2D eigenvalue weighted by molar-refractivity contribution is 4.59. The molecule has 0 unspecified atom stereocenters. The smallest absolute Gasteiger partial charge is 0.165 e. The van der Waals surface area contributed by atoms with Gasteiger partial charge < -0.3 is 4.74 Å². The van der Waals surface area contributed by atoms with Gasteiger partial charge in [0.15, 0.2) is 6.35 Å². The Morgan fingerprint density at radius 3 is 2.60 bits per heavy atom. The highest BCUT2D eigenvalue weighted by atomic mass is 16.5. The Bertz CT molecular complexity index is 91.0. The first kappa shape index (κ1) is 7.94. The third-order valence-electron chi connectivity index (χ3n) is 1.43. The van der Waals surface area contributed by atoms with Crippen LogP contribution in [0.3, 0.4) is 0 Å². The first-order valence-electron chi connectivity index (χ1n) is 3.60. The second-order valence-corrected chi connectivity index (χ2v) is 2.42. The molecule has 4 heteroatoms. The van der Waals surface area contributed by atoms with Gasteiger partial charge in [-0.1, -0.05) is 0 Å². The van der Waals surface area contributed by atoms with Gasteiger partial charge in [-0.3, -0.25) is 15.5 Å². The van der Waals surface area contributed by atoms with Gasteiger partial charge in [0.1, 0.15) is 0 Å². The predicted octanol–water partition coefficient (Wildman–Crippen LogP) is -0.654. The molecule has 1 aliphatic heterocycles.